The Hall–Kier alpha value is -2.74. The minimum atomic E-state index is -0.0277. The lowest BCUT2D eigenvalue weighted by molar-refractivity contribution is 0.0699. The molecule has 158 valence electrons. The predicted octanol–water partition coefficient (Wildman–Crippen LogP) is 2.66. The van der Waals surface area contributed by atoms with Crippen molar-refractivity contribution in [1.29, 1.82) is 0 Å². The van der Waals surface area contributed by atoms with Gasteiger partial charge in [0.1, 0.15) is 5.82 Å². The van der Waals surface area contributed by atoms with E-state index in [4.69, 9.17) is 4.98 Å². The van der Waals surface area contributed by atoms with Crippen molar-refractivity contribution in [2.24, 2.45) is 0 Å². The zero-order valence-corrected chi connectivity index (χ0v) is 17.3. The van der Waals surface area contributed by atoms with Crippen LogP contribution < -0.4 is 0 Å². The van der Waals surface area contributed by atoms with Crippen molar-refractivity contribution in [2.45, 2.75) is 44.6 Å². The summed E-state index contributed by atoms with van der Waals surface area (Å²) in [7, 11) is 0. The van der Waals surface area contributed by atoms with Crippen LogP contribution in [-0.4, -0.2) is 73.4 Å². The fourth-order valence-electron chi connectivity index (χ4n) is 4.65. The number of nitrogens with zero attached hydrogens (tertiary/aromatic N) is 6. The minimum Gasteiger partial charge on any atom is -0.342 e. The van der Waals surface area contributed by atoms with Crippen molar-refractivity contribution in [3.63, 3.8) is 0 Å². The molecule has 0 aliphatic carbocycles. The van der Waals surface area contributed by atoms with E-state index < -0.39 is 0 Å². The summed E-state index contributed by atoms with van der Waals surface area (Å²) in [6.07, 6.45) is 7.70. The smallest absolute Gasteiger partial charge is 0.276 e. The molecule has 0 saturated carbocycles. The van der Waals surface area contributed by atoms with Gasteiger partial charge in [-0.3, -0.25) is 9.48 Å². The fraction of sp³-hybridized carbons (Fsp3) is 0.545. The monoisotopic (exact) mass is 407 g/mol. The molecular weight excluding hydrogens is 378 g/mol. The van der Waals surface area contributed by atoms with Gasteiger partial charge in [0.05, 0.1) is 23.8 Å². The topological polar surface area (TPSA) is 82.9 Å². The highest BCUT2D eigenvalue weighted by molar-refractivity contribution is 5.92. The summed E-state index contributed by atoms with van der Waals surface area (Å²) in [6.45, 7) is 5.50. The number of nitrogens with one attached hydrogen (secondary N) is 1. The van der Waals surface area contributed by atoms with E-state index >= 15 is 0 Å². The molecule has 0 unspecified atom stereocenters. The van der Waals surface area contributed by atoms with Crippen LogP contribution in [0.4, 0.5) is 0 Å². The molecular formula is C22H29N7O. The molecule has 8 heteroatoms. The third-order valence-corrected chi connectivity index (χ3v) is 6.35. The Morgan fingerprint density at radius 1 is 1.07 bits per heavy atom. The number of aromatic amines is 1. The Morgan fingerprint density at radius 2 is 1.93 bits per heavy atom. The molecule has 8 nitrogen and oxygen atoms in total. The van der Waals surface area contributed by atoms with Gasteiger partial charge in [-0.25, -0.2) is 4.98 Å². The third kappa shape index (κ3) is 4.09. The molecule has 1 atom stereocenters. The van der Waals surface area contributed by atoms with E-state index in [0.717, 1.165) is 62.4 Å². The number of hydrogen-bond donors (Lipinski definition) is 1. The lowest BCUT2D eigenvalue weighted by Gasteiger charge is -2.31. The molecule has 1 aromatic carbocycles. The number of fused-ring (bicyclic) bond motifs is 1. The van der Waals surface area contributed by atoms with Crippen LogP contribution in [0, 0.1) is 0 Å². The number of benzene rings is 1. The van der Waals surface area contributed by atoms with Gasteiger partial charge >= 0.3 is 0 Å². The van der Waals surface area contributed by atoms with Crippen molar-refractivity contribution in [3.8, 4) is 0 Å². The number of likely N-dealkylation sites (tertiary alicyclic amines) is 2. The van der Waals surface area contributed by atoms with E-state index in [9.17, 15) is 4.79 Å². The molecule has 2 fully saturated rings. The zero-order chi connectivity index (χ0) is 20.3. The third-order valence-electron chi connectivity index (χ3n) is 6.35. The average Bonchev–Trinajstić information content (AvgIpc) is 3.45. The maximum absolute atomic E-state index is 13.0. The number of amides is 1. The number of H-pyrrole nitrogens is 1. The zero-order valence-electron chi connectivity index (χ0n) is 17.3. The number of carbonyl (C=O) groups excluding carboxylic acids is 1. The summed E-state index contributed by atoms with van der Waals surface area (Å²) in [5, 5.41) is 8.36. The molecule has 2 aromatic heterocycles. The lowest BCUT2D eigenvalue weighted by Crippen LogP contribution is -2.39. The molecule has 5 rings (SSSR count). The normalized spacial score (nSPS) is 20.7. The summed E-state index contributed by atoms with van der Waals surface area (Å²) in [4.78, 5) is 25.6. The lowest BCUT2D eigenvalue weighted by atomic mass is 9.97. The van der Waals surface area contributed by atoms with Crippen molar-refractivity contribution >= 4 is 16.9 Å². The highest BCUT2D eigenvalue weighted by atomic mass is 16.2. The molecule has 2 saturated heterocycles. The first kappa shape index (κ1) is 19.2. The summed E-state index contributed by atoms with van der Waals surface area (Å²) in [6, 6.07) is 8.07. The van der Waals surface area contributed by atoms with Gasteiger partial charge in [0.15, 0.2) is 5.69 Å². The summed E-state index contributed by atoms with van der Waals surface area (Å²) in [5.74, 6) is 1.17. The molecule has 2 aliphatic heterocycles. The van der Waals surface area contributed by atoms with Crippen LogP contribution in [0.25, 0.3) is 11.0 Å². The first-order valence-corrected chi connectivity index (χ1v) is 11.1. The Labute approximate surface area is 176 Å². The molecule has 1 amide bonds. The van der Waals surface area contributed by atoms with Crippen LogP contribution in [0.1, 0.15) is 54.3 Å². The molecule has 3 aromatic rings. The molecule has 0 spiro atoms. The Balaban J connectivity index is 1.22. The maximum Gasteiger partial charge on any atom is 0.276 e. The van der Waals surface area contributed by atoms with Crippen LogP contribution in [0.2, 0.25) is 0 Å². The van der Waals surface area contributed by atoms with Gasteiger partial charge in [-0.05, 0) is 50.9 Å². The van der Waals surface area contributed by atoms with Gasteiger partial charge in [-0.2, -0.15) is 0 Å². The van der Waals surface area contributed by atoms with Crippen molar-refractivity contribution in [2.75, 3.05) is 32.7 Å². The van der Waals surface area contributed by atoms with Gasteiger partial charge < -0.3 is 14.8 Å². The van der Waals surface area contributed by atoms with E-state index in [1.54, 1.807) is 6.20 Å². The number of hydrogen-bond acceptors (Lipinski definition) is 5. The van der Waals surface area contributed by atoms with Crippen molar-refractivity contribution in [1.82, 2.24) is 34.8 Å². The molecule has 0 bridgehead atoms. The second kappa shape index (κ2) is 8.55. The van der Waals surface area contributed by atoms with Gasteiger partial charge in [0.25, 0.3) is 5.91 Å². The van der Waals surface area contributed by atoms with Crippen LogP contribution in [0.3, 0.4) is 0 Å². The number of imidazole rings is 1. The number of aromatic nitrogens is 5. The van der Waals surface area contributed by atoms with Crippen LogP contribution >= 0.6 is 0 Å². The summed E-state index contributed by atoms with van der Waals surface area (Å²) >= 11 is 0. The van der Waals surface area contributed by atoms with Gasteiger partial charge in [-0.1, -0.05) is 23.8 Å². The largest absolute Gasteiger partial charge is 0.342 e. The second-order valence-corrected chi connectivity index (χ2v) is 8.50. The van der Waals surface area contributed by atoms with E-state index in [0.29, 0.717) is 12.2 Å². The Bertz CT molecular complexity index is 971. The maximum atomic E-state index is 13.0. The number of carbonyl (C=O) groups is 1. The van der Waals surface area contributed by atoms with Gasteiger partial charge in [-0.15, -0.1) is 5.10 Å². The fourth-order valence-corrected chi connectivity index (χ4v) is 4.65. The first-order chi connectivity index (χ1) is 14.8. The molecule has 4 heterocycles. The van der Waals surface area contributed by atoms with E-state index in [2.05, 4.69) is 20.2 Å². The molecule has 30 heavy (non-hydrogen) atoms. The Kier molecular flexibility index (Phi) is 5.48. The number of piperidine rings is 2. The summed E-state index contributed by atoms with van der Waals surface area (Å²) in [5.41, 5.74) is 2.47. The van der Waals surface area contributed by atoms with Crippen LogP contribution in [-0.2, 0) is 6.54 Å². The molecule has 0 radical (unpaired) electrons. The van der Waals surface area contributed by atoms with Crippen LogP contribution in [0.5, 0.6) is 0 Å². The predicted molar refractivity (Wildman–Crippen MR) is 114 cm³/mol. The minimum absolute atomic E-state index is 0.0277. The number of para-hydroxylation sites is 2. The van der Waals surface area contributed by atoms with Crippen LogP contribution in [0.15, 0.2) is 30.5 Å². The standard InChI is InChI=1S/C22H29N7O/c30-22(20-16-29(26-25-20)14-13-27-10-4-1-5-11-27)28-12-6-7-17(15-28)21-23-18-8-2-3-9-19(18)24-21/h2-3,8-9,16-17H,1,4-7,10-15H2,(H,23,24)/t17-/m1/s1. The summed E-state index contributed by atoms with van der Waals surface area (Å²) < 4.78 is 1.81. The van der Waals surface area contributed by atoms with E-state index in [1.807, 2.05) is 33.8 Å². The van der Waals surface area contributed by atoms with Crippen molar-refractivity contribution in [3.05, 3.63) is 42.0 Å². The van der Waals surface area contributed by atoms with Crippen molar-refractivity contribution < 1.29 is 4.79 Å². The SMILES string of the molecule is O=C(c1cn(CCN2CCCCC2)nn1)N1CCC[C@@H](c2nc3ccccc3[nH]2)C1. The molecule has 2 aliphatic rings. The molecule has 1 N–H and O–H groups in total. The highest BCUT2D eigenvalue weighted by Crippen LogP contribution is 2.27. The quantitative estimate of drug-likeness (QED) is 0.703. The Morgan fingerprint density at radius 3 is 2.80 bits per heavy atom. The average molecular weight is 408 g/mol. The van der Waals surface area contributed by atoms with Gasteiger partial charge in [0.2, 0.25) is 0 Å². The van der Waals surface area contributed by atoms with Gasteiger partial charge in [0, 0.05) is 25.6 Å². The van der Waals surface area contributed by atoms with E-state index in [1.165, 1.54) is 19.3 Å². The highest BCUT2D eigenvalue weighted by Gasteiger charge is 2.28. The number of rotatable bonds is 5. The van der Waals surface area contributed by atoms with E-state index in [-0.39, 0.29) is 11.8 Å². The first-order valence-electron chi connectivity index (χ1n) is 11.1. The second-order valence-electron chi connectivity index (χ2n) is 8.50.